The highest BCUT2D eigenvalue weighted by atomic mass is 19.1. The van der Waals surface area contributed by atoms with Crippen molar-refractivity contribution in [3.8, 4) is 5.75 Å². The molecule has 1 atom stereocenters. The Bertz CT molecular complexity index is 652. The van der Waals surface area contributed by atoms with Gasteiger partial charge < -0.3 is 4.74 Å². The standard InChI is InChI=1S/C15H10F2O2/c16-9-5-6-13(17)11(7-9)15(18)12-8-19-14-4-2-1-3-10(12)14/h1-7,12H,8H2. The lowest BCUT2D eigenvalue weighted by molar-refractivity contribution is 0.0943. The quantitative estimate of drug-likeness (QED) is 0.774. The molecule has 0 aromatic heterocycles. The third-order valence-corrected chi connectivity index (χ3v) is 3.21. The fourth-order valence-electron chi connectivity index (χ4n) is 2.25. The highest BCUT2D eigenvalue weighted by molar-refractivity contribution is 6.02. The maximum atomic E-state index is 13.6. The van der Waals surface area contributed by atoms with E-state index >= 15 is 0 Å². The average molecular weight is 260 g/mol. The number of carbonyl (C=O) groups is 1. The van der Waals surface area contributed by atoms with Gasteiger partial charge in [-0.25, -0.2) is 8.78 Å². The minimum atomic E-state index is -0.712. The Hall–Kier alpha value is -2.23. The van der Waals surface area contributed by atoms with Gasteiger partial charge in [-0.05, 0) is 24.3 Å². The van der Waals surface area contributed by atoms with Gasteiger partial charge in [0.1, 0.15) is 24.0 Å². The van der Waals surface area contributed by atoms with Crippen molar-refractivity contribution < 1.29 is 18.3 Å². The molecule has 0 radical (unpaired) electrons. The summed E-state index contributed by atoms with van der Waals surface area (Å²) in [5, 5.41) is 0. The Morgan fingerprint density at radius 3 is 2.79 bits per heavy atom. The van der Waals surface area contributed by atoms with Gasteiger partial charge in [0.2, 0.25) is 0 Å². The molecule has 0 bridgehead atoms. The SMILES string of the molecule is O=C(c1cc(F)ccc1F)C1COc2ccccc21. The van der Waals surface area contributed by atoms with Gasteiger partial charge in [0.15, 0.2) is 5.78 Å². The van der Waals surface area contributed by atoms with Crippen LogP contribution in [0.4, 0.5) is 8.78 Å². The number of halogens is 2. The van der Waals surface area contributed by atoms with Crippen LogP contribution < -0.4 is 4.74 Å². The van der Waals surface area contributed by atoms with E-state index in [0.717, 1.165) is 23.8 Å². The van der Waals surface area contributed by atoms with Crippen molar-refractivity contribution in [3.05, 3.63) is 65.2 Å². The molecule has 4 heteroatoms. The maximum absolute atomic E-state index is 13.6. The van der Waals surface area contributed by atoms with Crippen molar-refractivity contribution in [2.24, 2.45) is 0 Å². The molecule has 1 unspecified atom stereocenters. The highest BCUT2D eigenvalue weighted by Crippen LogP contribution is 2.35. The molecule has 96 valence electrons. The number of para-hydroxylation sites is 1. The van der Waals surface area contributed by atoms with Crippen LogP contribution in [0.5, 0.6) is 5.75 Å². The molecule has 1 heterocycles. The predicted octanol–water partition coefficient (Wildman–Crippen LogP) is 3.32. The Morgan fingerprint density at radius 2 is 1.95 bits per heavy atom. The molecule has 0 aliphatic carbocycles. The minimum Gasteiger partial charge on any atom is -0.492 e. The fourth-order valence-corrected chi connectivity index (χ4v) is 2.25. The van der Waals surface area contributed by atoms with Crippen LogP contribution in [-0.4, -0.2) is 12.4 Å². The number of benzene rings is 2. The fraction of sp³-hybridized carbons (Fsp3) is 0.133. The second-order valence-corrected chi connectivity index (χ2v) is 4.39. The van der Waals surface area contributed by atoms with E-state index in [0.29, 0.717) is 5.75 Å². The predicted molar refractivity (Wildman–Crippen MR) is 65.4 cm³/mol. The summed E-state index contributed by atoms with van der Waals surface area (Å²) in [5.41, 5.74) is 0.487. The number of carbonyl (C=O) groups excluding carboxylic acids is 1. The van der Waals surface area contributed by atoms with Gasteiger partial charge in [0, 0.05) is 5.56 Å². The van der Waals surface area contributed by atoms with E-state index in [4.69, 9.17) is 4.74 Å². The van der Waals surface area contributed by atoms with Crippen molar-refractivity contribution in [3.63, 3.8) is 0 Å². The molecular weight excluding hydrogens is 250 g/mol. The summed E-state index contributed by atoms with van der Waals surface area (Å²) in [6.07, 6.45) is 0. The van der Waals surface area contributed by atoms with Crippen LogP contribution in [0, 0.1) is 11.6 Å². The zero-order valence-corrected chi connectivity index (χ0v) is 9.90. The maximum Gasteiger partial charge on any atom is 0.176 e. The highest BCUT2D eigenvalue weighted by Gasteiger charge is 2.32. The number of hydrogen-bond donors (Lipinski definition) is 0. The van der Waals surface area contributed by atoms with Crippen LogP contribution in [-0.2, 0) is 0 Å². The van der Waals surface area contributed by atoms with Crippen LogP contribution in [0.3, 0.4) is 0 Å². The lowest BCUT2D eigenvalue weighted by Gasteiger charge is -2.08. The van der Waals surface area contributed by atoms with Crippen molar-refractivity contribution in [2.75, 3.05) is 6.61 Å². The molecule has 0 N–H and O–H groups in total. The normalized spacial score (nSPS) is 16.8. The second kappa shape index (κ2) is 4.46. The number of rotatable bonds is 2. The van der Waals surface area contributed by atoms with Crippen molar-refractivity contribution in [2.45, 2.75) is 5.92 Å². The lowest BCUT2D eigenvalue weighted by atomic mass is 9.92. The van der Waals surface area contributed by atoms with Gasteiger partial charge in [0.25, 0.3) is 0 Å². The van der Waals surface area contributed by atoms with E-state index in [1.807, 2.05) is 0 Å². The van der Waals surface area contributed by atoms with E-state index in [2.05, 4.69) is 0 Å². The summed E-state index contributed by atoms with van der Waals surface area (Å²) in [6.45, 7) is 0.161. The van der Waals surface area contributed by atoms with Crippen LogP contribution in [0.2, 0.25) is 0 Å². The van der Waals surface area contributed by atoms with Crippen LogP contribution in [0.15, 0.2) is 42.5 Å². The largest absolute Gasteiger partial charge is 0.492 e. The lowest BCUT2D eigenvalue weighted by Crippen LogP contribution is -2.16. The van der Waals surface area contributed by atoms with Crippen LogP contribution in [0.25, 0.3) is 0 Å². The first-order valence-corrected chi connectivity index (χ1v) is 5.88. The molecule has 3 rings (SSSR count). The Labute approximate surface area is 108 Å². The molecule has 0 fully saturated rings. The summed E-state index contributed by atoms with van der Waals surface area (Å²) in [6, 6.07) is 9.99. The molecule has 1 aliphatic rings. The Kier molecular flexibility index (Phi) is 2.78. The number of ether oxygens (including phenoxy) is 1. The van der Waals surface area contributed by atoms with Gasteiger partial charge in [-0.3, -0.25) is 4.79 Å². The first-order valence-electron chi connectivity index (χ1n) is 5.88. The van der Waals surface area contributed by atoms with Gasteiger partial charge in [-0.1, -0.05) is 18.2 Å². The van der Waals surface area contributed by atoms with Crippen molar-refractivity contribution in [1.82, 2.24) is 0 Å². The third-order valence-electron chi connectivity index (χ3n) is 3.21. The van der Waals surface area contributed by atoms with Crippen LogP contribution >= 0.6 is 0 Å². The topological polar surface area (TPSA) is 26.3 Å². The van der Waals surface area contributed by atoms with Gasteiger partial charge in [0.05, 0.1) is 11.5 Å². The Balaban J connectivity index is 2.00. The molecule has 0 saturated heterocycles. The Morgan fingerprint density at radius 1 is 1.16 bits per heavy atom. The molecule has 19 heavy (non-hydrogen) atoms. The minimum absolute atomic E-state index is 0.161. The second-order valence-electron chi connectivity index (χ2n) is 4.39. The molecule has 0 amide bonds. The van der Waals surface area contributed by atoms with Crippen LogP contribution in [0.1, 0.15) is 21.8 Å². The van der Waals surface area contributed by atoms with E-state index in [9.17, 15) is 13.6 Å². The molecule has 0 spiro atoms. The van der Waals surface area contributed by atoms with Gasteiger partial charge in [-0.2, -0.15) is 0 Å². The molecule has 2 aromatic rings. The number of Topliss-reactive ketones (excluding diaryl/α,β-unsaturated/α-hetero) is 1. The molecule has 0 saturated carbocycles. The molecule has 2 nitrogen and oxygen atoms in total. The summed E-state index contributed by atoms with van der Waals surface area (Å²) in [4.78, 5) is 12.3. The van der Waals surface area contributed by atoms with E-state index in [1.54, 1.807) is 24.3 Å². The molecule has 1 aliphatic heterocycles. The monoisotopic (exact) mass is 260 g/mol. The van der Waals surface area contributed by atoms with E-state index in [1.165, 1.54) is 0 Å². The summed E-state index contributed by atoms with van der Waals surface area (Å²) >= 11 is 0. The van der Waals surface area contributed by atoms with Crippen molar-refractivity contribution in [1.29, 1.82) is 0 Å². The summed E-state index contributed by atoms with van der Waals surface area (Å²) in [5.74, 6) is -1.75. The van der Waals surface area contributed by atoms with Crippen molar-refractivity contribution >= 4 is 5.78 Å². The number of hydrogen-bond acceptors (Lipinski definition) is 2. The number of fused-ring (bicyclic) bond motifs is 1. The average Bonchev–Trinajstić information content (AvgIpc) is 2.84. The van der Waals surface area contributed by atoms with E-state index < -0.39 is 23.3 Å². The summed E-state index contributed by atoms with van der Waals surface area (Å²) in [7, 11) is 0. The zero-order chi connectivity index (χ0) is 13.4. The molecular formula is C15H10F2O2. The van der Waals surface area contributed by atoms with Gasteiger partial charge in [-0.15, -0.1) is 0 Å². The summed E-state index contributed by atoms with van der Waals surface area (Å²) < 4.78 is 32.1. The third kappa shape index (κ3) is 1.99. The number of ketones is 1. The molecule has 2 aromatic carbocycles. The smallest absolute Gasteiger partial charge is 0.176 e. The first kappa shape index (κ1) is 11.8. The van der Waals surface area contributed by atoms with Gasteiger partial charge >= 0.3 is 0 Å². The van der Waals surface area contributed by atoms with E-state index in [-0.39, 0.29) is 12.2 Å². The first-order chi connectivity index (χ1) is 9.16. The zero-order valence-electron chi connectivity index (χ0n) is 9.90.